The molecular formula is C14H16N4. The van der Waals surface area contributed by atoms with Crippen LogP contribution in [0.2, 0.25) is 0 Å². The average Bonchev–Trinajstić information content (AvgIpc) is 2.89. The van der Waals surface area contributed by atoms with E-state index in [4.69, 9.17) is 4.98 Å². The summed E-state index contributed by atoms with van der Waals surface area (Å²) in [5.41, 5.74) is 3.03. The van der Waals surface area contributed by atoms with E-state index in [9.17, 15) is 0 Å². The first-order chi connectivity index (χ1) is 8.85. The molecule has 0 spiro atoms. The number of hydrogen-bond acceptors (Lipinski definition) is 3. The Labute approximate surface area is 106 Å². The quantitative estimate of drug-likeness (QED) is 0.705. The summed E-state index contributed by atoms with van der Waals surface area (Å²) in [7, 11) is 0. The van der Waals surface area contributed by atoms with E-state index < -0.39 is 0 Å². The van der Waals surface area contributed by atoms with E-state index in [2.05, 4.69) is 34.2 Å². The molecule has 0 aliphatic carbocycles. The molecule has 1 aromatic carbocycles. The fourth-order valence-electron chi connectivity index (χ4n) is 2.33. The number of para-hydroxylation sites is 2. The van der Waals surface area contributed by atoms with Crippen LogP contribution >= 0.6 is 0 Å². The predicted octanol–water partition coefficient (Wildman–Crippen LogP) is 2.73. The lowest BCUT2D eigenvalue weighted by atomic mass is 10.3. The normalized spacial score (nSPS) is 11.2. The summed E-state index contributed by atoms with van der Waals surface area (Å²) in [6, 6.07) is 8.16. The summed E-state index contributed by atoms with van der Waals surface area (Å²) in [6.07, 6.45) is 3.82. The SMILES string of the molecule is CCN(CC)c1nc2ccccc2n2ccnc12. The second-order valence-electron chi connectivity index (χ2n) is 4.22. The van der Waals surface area contributed by atoms with E-state index in [0.29, 0.717) is 0 Å². The van der Waals surface area contributed by atoms with Gasteiger partial charge in [-0.2, -0.15) is 0 Å². The van der Waals surface area contributed by atoms with E-state index in [-0.39, 0.29) is 0 Å². The highest BCUT2D eigenvalue weighted by atomic mass is 15.2. The van der Waals surface area contributed by atoms with Gasteiger partial charge in [0.15, 0.2) is 11.5 Å². The standard InChI is InChI=1S/C14H16N4/c1-3-17(4-2)14-13-15-9-10-18(13)12-8-6-5-7-11(12)16-14/h5-10H,3-4H2,1-2H3. The van der Waals surface area contributed by atoms with Crippen molar-refractivity contribution >= 4 is 22.5 Å². The maximum absolute atomic E-state index is 4.76. The van der Waals surface area contributed by atoms with Crippen molar-refractivity contribution in [2.24, 2.45) is 0 Å². The molecule has 4 nitrogen and oxygen atoms in total. The Kier molecular flexibility index (Phi) is 2.63. The number of fused-ring (bicyclic) bond motifs is 3. The fraction of sp³-hybridized carbons (Fsp3) is 0.286. The topological polar surface area (TPSA) is 33.4 Å². The first kappa shape index (κ1) is 11.0. The zero-order chi connectivity index (χ0) is 12.5. The highest BCUT2D eigenvalue weighted by Gasteiger charge is 2.12. The molecule has 0 amide bonds. The lowest BCUT2D eigenvalue weighted by molar-refractivity contribution is 0.848. The summed E-state index contributed by atoms with van der Waals surface area (Å²) >= 11 is 0. The number of rotatable bonds is 3. The van der Waals surface area contributed by atoms with Crippen molar-refractivity contribution in [2.45, 2.75) is 13.8 Å². The molecule has 92 valence electrons. The van der Waals surface area contributed by atoms with Crippen molar-refractivity contribution in [1.29, 1.82) is 0 Å². The summed E-state index contributed by atoms with van der Waals surface area (Å²) in [4.78, 5) is 11.4. The minimum Gasteiger partial charge on any atom is -0.354 e. The van der Waals surface area contributed by atoms with Crippen LogP contribution in [0.15, 0.2) is 36.7 Å². The molecule has 2 heterocycles. The van der Waals surface area contributed by atoms with Crippen molar-refractivity contribution in [2.75, 3.05) is 18.0 Å². The fourth-order valence-corrected chi connectivity index (χ4v) is 2.33. The van der Waals surface area contributed by atoms with Gasteiger partial charge in [0.05, 0.1) is 11.0 Å². The van der Waals surface area contributed by atoms with Crippen molar-refractivity contribution in [3.8, 4) is 0 Å². The van der Waals surface area contributed by atoms with Crippen LogP contribution in [-0.4, -0.2) is 27.5 Å². The zero-order valence-electron chi connectivity index (χ0n) is 10.7. The lowest BCUT2D eigenvalue weighted by Crippen LogP contribution is -2.24. The summed E-state index contributed by atoms with van der Waals surface area (Å²) < 4.78 is 2.11. The van der Waals surface area contributed by atoms with Crippen LogP contribution in [-0.2, 0) is 0 Å². The second-order valence-corrected chi connectivity index (χ2v) is 4.22. The van der Waals surface area contributed by atoms with Crippen LogP contribution in [0.4, 0.5) is 5.82 Å². The van der Waals surface area contributed by atoms with Crippen molar-refractivity contribution in [3.63, 3.8) is 0 Å². The van der Waals surface area contributed by atoms with Crippen LogP contribution in [0, 0.1) is 0 Å². The molecule has 0 aliphatic heterocycles. The maximum Gasteiger partial charge on any atom is 0.180 e. The molecule has 3 aromatic rings. The van der Waals surface area contributed by atoms with Gasteiger partial charge in [0.1, 0.15) is 0 Å². The van der Waals surface area contributed by atoms with Gasteiger partial charge in [0.2, 0.25) is 0 Å². The van der Waals surface area contributed by atoms with Gasteiger partial charge in [-0.05, 0) is 26.0 Å². The number of hydrogen-bond donors (Lipinski definition) is 0. The molecule has 0 radical (unpaired) electrons. The first-order valence-electron chi connectivity index (χ1n) is 6.32. The average molecular weight is 240 g/mol. The van der Waals surface area contributed by atoms with Gasteiger partial charge >= 0.3 is 0 Å². The Morgan fingerprint density at radius 2 is 1.94 bits per heavy atom. The van der Waals surface area contributed by atoms with Crippen LogP contribution in [0.3, 0.4) is 0 Å². The molecule has 2 aromatic heterocycles. The molecule has 0 N–H and O–H groups in total. The van der Waals surface area contributed by atoms with E-state index in [0.717, 1.165) is 35.6 Å². The molecule has 0 saturated heterocycles. The largest absolute Gasteiger partial charge is 0.354 e. The van der Waals surface area contributed by atoms with Crippen LogP contribution in [0.25, 0.3) is 16.7 Å². The van der Waals surface area contributed by atoms with Crippen LogP contribution < -0.4 is 4.90 Å². The van der Waals surface area contributed by atoms with Gasteiger partial charge in [-0.25, -0.2) is 9.97 Å². The smallest absolute Gasteiger partial charge is 0.180 e. The molecule has 0 saturated carbocycles. The van der Waals surface area contributed by atoms with Crippen molar-refractivity contribution in [1.82, 2.24) is 14.4 Å². The Morgan fingerprint density at radius 1 is 1.17 bits per heavy atom. The third-order valence-corrected chi connectivity index (χ3v) is 3.27. The van der Waals surface area contributed by atoms with Crippen molar-refractivity contribution in [3.05, 3.63) is 36.7 Å². The van der Waals surface area contributed by atoms with Gasteiger partial charge in [-0.15, -0.1) is 0 Å². The van der Waals surface area contributed by atoms with Gasteiger partial charge in [-0.3, -0.25) is 4.40 Å². The summed E-state index contributed by atoms with van der Waals surface area (Å²) in [6.45, 7) is 6.15. The van der Waals surface area contributed by atoms with E-state index in [1.165, 1.54) is 0 Å². The number of anilines is 1. The summed E-state index contributed by atoms with van der Waals surface area (Å²) in [5, 5.41) is 0. The van der Waals surface area contributed by atoms with Crippen LogP contribution in [0.1, 0.15) is 13.8 Å². The van der Waals surface area contributed by atoms with E-state index in [1.807, 2.05) is 30.6 Å². The molecule has 3 rings (SSSR count). The van der Waals surface area contributed by atoms with Gasteiger partial charge in [0, 0.05) is 25.5 Å². The minimum absolute atomic E-state index is 0.928. The van der Waals surface area contributed by atoms with Gasteiger partial charge in [-0.1, -0.05) is 12.1 Å². The minimum atomic E-state index is 0.928. The number of nitrogens with zero attached hydrogens (tertiary/aromatic N) is 4. The van der Waals surface area contributed by atoms with E-state index in [1.54, 1.807) is 0 Å². The Hall–Kier alpha value is -2.10. The van der Waals surface area contributed by atoms with Gasteiger partial charge in [0.25, 0.3) is 0 Å². The highest BCUT2D eigenvalue weighted by molar-refractivity contribution is 5.83. The van der Waals surface area contributed by atoms with E-state index >= 15 is 0 Å². The molecule has 0 fully saturated rings. The Balaban J connectivity index is 2.38. The molecule has 4 heteroatoms. The number of benzene rings is 1. The Bertz CT molecular complexity index is 682. The third-order valence-electron chi connectivity index (χ3n) is 3.27. The second kappa shape index (κ2) is 4.29. The number of aromatic nitrogens is 3. The van der Waals surface area contributed by atoms with Crippen molar-refractivity contribution < 1.29 is 0 Å². The molecule has 0 unspecified atom stereocenters. The molecule has 0 bridgehead atoms. The predicted molar refractivity (Wildman–Crippen MR) is 74.1 cm³/mol. The molecule has 0 atom stereocenters. The highest BCUT2D eigenvalue weighted by Crippen LogP contribution is 2.23. The molecule has 0 aliphatic rings. The third kappa shape index (κ3) is 1.53. The summed E-state index contributed by atoms with van der Waals surface area (Å²) in [5.74, 6) is 0.962. The number of imidazole rings is 1. The monoisotopic (exact) mass is 240 g/mol. The van der Waals surface area contributed by atoms with Crippen LogP contribution in [0.5, 0.6) is 0 Å². The lowest BCUT2D eigenvalue weighted by Gasteiger charge is -2.20. The molecule has 18 heavy (non-hydrogen) atoms. The van der Waals surface area contributed by atoms with Gasteiger partial charge < -0.3 is 4.90 Å². The Morgan fingerprint density at radius 3 is 2.72 bits per heavy atom. The molecular weight excluding hydrogens is 224 g/mol. The first-order valence-corrected chi connectivity index (χ1v) is 6.32. The zero-order valence-corrected chi connectivity index (χ0v) is 10.7. The maximum atomic E-state index is 4.76.